The number of hydrogen-bond donors (Lipinski definition) is 2. The lowest BCUT2D eigenvalue weighted by atomic mass is 9.80. The van der Waals surface area contributed by atoms with E-state index in [1.165, 1.54) is 17.2 Å². The van der Waals surface area contributed by atoms with Crippen molar-refractivity contribution < 1.29 is 37.2 Å². The minimum absolute atomic E-state index is 0.0668. The Balaban J connectivity index is 1.20. The van der Waals surface area contributed by atoms with Crippen molar-refractivity contribution in [3.05, 3.63) is 163 Å². The Bertz CT molecular complexity index is 2720. The van der Waals surface area contributed by atoms with Gasteiger partial charge in [-0.1, -0.05) is 72.8 Å². The second kappa shape index (κ2) is 21.4. The molecule has 1 amide bonds. The number of nitrogens with zero attached hydrogens (tertiary/aromatic N) is 6. The molecule has 346 valence electrons. The minimum Gasteiger partial charge on any atom is -0.497 e. The maximum atomic E-state index is 17.8. The zero-order valence-corrected chi connectivity index (χ0v) is 38.6. The molecule has 3 aromatic heterocycles. The maximum Gasteiger partial charge on any atom is 0.259 e. The Morgan fingerprint density at radius 3 is 2.18 bits per heavy atom. The number of nitriles is 1. The molecule has 1 aliphatic heterocycles. The van der Waals surface area contributed by atoms with Gasteiger partial charge in [-0.3, -0.25) is 9.36 Å². The predicted octanol–water partition coefficient (Wildman–Crippen LogP) is 10.1. The fourth-order valence-electron chi connectivity index (χ4n) is 8.20. The number of H-pyrrole nitrogens is 1. The van der Waals surface area contributed by atoms with Gasteiger partial charge in [-0.25, -0.2) is 24.0 Å². The summed E-state index contributed by atoms with van der Waals surface area (Å²) in [5.41, 5.74) is 1.89. The number of halogens is 1. The number of methoxy groups -OCH3 is 1. The van der Waals surface area contributed by atoms with Crippen LogP contribution in [0, 0.1) is 11.3 Å². The van der Waals surface area contributed by atoms with Crippen molar-refractivity contribution in [3.8, 4) is 23.3 Å². The zero-order valence-electron chi connectivity index (χ0n) is 37.7. The molecule has 1 fully saturated rings. The average molecular weight is 927 g/mol. The van der Waals surface area contributed by atoms with E-state index in [-0.39, 0.29) is 48.7 Å². The highest BCUT2D eigenvalue weighted by Crippen LogP contribution is 2.51. The molecule has 2 N–H and O–H groups in total. The summed E-state index contributed by atoms with van der Waals surface area (Å²) < 4.78 is 60.2. The molecule has 2 unspecified atom stereocenters. The summed E-state index contributed by atoms with van der Waals surface area (Å²) in [6.45, 7) is 7.93. The largest absolute Gasteiger partial charge is 0.497 e. The average Bonchev–Trinajstić information content (AvgIpc) is 4.10. The van der Waals surface area contributed by atoms with Crippen LogP contribution in [0.3, 0.4) is 0 Å². The van der Waals surface area contributed by atoms with Gasteiger partial charge in [0, 0.05) is 30.0 Å². The number of ether oxygens (including phenoxy) is 4. The number of fused-ring (bicyclic) bond motifs is 1. The summed E-state index contributed by atoms with van der Waals surface area (Å²) in [6.07, 6.45) is 0.881. The molecule has 4 aromatic carbocycles. The van der Waals surface area contributed by atoms with Crippen molar-refractivity contribution in [2.24, 2.45) is 0 Å². The van der Waals surface area contributed by atoms with Crippen LogP contribution in [-0.4, -0.2) is 85.9 Å². The van der Waals surface area contributed by atoms with E-state index in [0.717, 1.165) is 16.7 Å². The summed E-state index contributed by atoms with van der Waals surface area (Å²) in [6, 6.07) is 37.6. The molecule has 1 saturated heterocycles. The van der Waals surface area contributed by atoms with Crippen molar-refractivity contribution in [2.75, 3.05) is 25.6 Å². The first kappa shape index (κ1) is 46.9. The second-order valence-corrected chi connectivity index (χ2v) is 17.7. The number of hydrogen-bond acceptors (Lipinski definition) is 12. The topological polar surface area (TPSA) is 171 Å². The van der Waals surface area contributed by atoms with Crippen LogP contribution in [0.25, 0.3) is 11.2 Å². The summed E-state index contributed by atoms with van der Waals surface area (Å²) in [7, 11) is -0.339. The van der Waals surface area contributed by atoms with Crippen LogP contribution in [0.5, 0.6) is 17.2 Å². The van der Waals surface area contributed by atoms with E-state index in [1.807, 2.05) is 123 Å². The van der Waals surface area contributed by atoms with Gasteiger partial charge in [0.2, 0.25) is 0 Å². The molecule has 6 atom stereocenters. The first-order chi connectivity index (χ1) is 32.6. The molecule has 8 rings (SSSR count). The SMILES string of the molecule is COc1ccc(C(OC[C@H]2O[C@@H](n3cnc4c(NC(=O)c5ccccc5)ncnc43)[C@@H](F)[C@@H]2OP(OCCC#N)N(C(C)C)C(C)C)(c2ccccc2)c2ccc(Oc3cc[nH]c3)cc2)cc1. The summed E-state index contributed by atoms with van der Waals surface area (Å²) in [5, 5.41) is 12.3. The Hall–Kier alpha value is -6.57. The Labute approximate surface area is 389 Å². The zero-order chi connectivity index (χ0) is 46.9. The number of benzene rings is 4. The summed E-state index contributed by atoms with van der Waals surface area (Å²) in [4.78, 5) is 29.6. The Kier molecular flexibility index (Phi) is 15.0. The van der Waals surface area contributed by atoms with E-state index in [9.17, 15) is 10.1 Å². The number of carbonyl (C=O) groups excluding carboxylic acids is 1. The van der Waals surface area contributed by atoms with E-state index >= 15 is 4.39 Å². The third-order valence-electron chi connectivity index (χ3n) is 11.2. The number of aromatic nitrogens is 5. The van der Waals surface area contributed by atoms with Crippen molar-refractivity contribution in [2.45, 2.75) is 76.4 Å². The van der Waals surface area contributed by atoms with Crippen LogP contribution < -0.4 is 14.8 Å². The fraction of sp³-hybridized carbons (Fsp3) is 0.300. The highest BCUT2D eigenvalue weighted by Gasteiger charge is 2.51. The van der Waals surface area contributed by atoms with Gasteiger partial charge in [0.15, 0.2) is 29.4 Å². The number of anilines is 1. The van der Waals surface area contributed by atoms with Crippen LogP contribution >= 0.6 is 8.53 Å². The second-order valence-electron chi connectivity index (χ2n) is 16.3. The van der Waals surface area contributed by atoms with Gasteiger partial charge < -0.3 is 38.3 Å². The lowest BCUT2D eigenvalue weighted by Gasteiger charge is -2.39. The number of nitrogens with one attached hydrogen (secondary N) is 2. The van der Waals surface area contributed by atoms with E-state index in [0.29, 0.717) is 22.8 Å². The molecule has 1 aliphatic rings. The number of imidazole rings is 1. The standard InChI is InChI=1S/C50H52FN8O7P/c1-33(2)59(34(3)4)67(63-28-12-26-52)66-45-42(65-49(43(45)51)58-32-56-44-46(54-31-55-47(44)58)57-48(60)35-13-8-6-9-14-35)30-62-50(36-15-10-7-11-16-36,37-17-21-39(61-5)22-18-37)38-19-23-40(24-20-38)64-41-25-27-53-29-41/h6-11,13-25,27,29,31-34,42-43,45,49,53H,12,28,30H2,1-5H3,(H,54,55,57,60)/t42-,43+,45-,49-,50?,67?/m1/s1. The number of rotatable bonds is 20. The summed E-state index contributed by atoms with van der Waals surface area (Å²) >= 11 is 0. The van der Waals surface area contributed by atoms with Gasteiger partial charge in [-0.15, -0.1) is 0 Å². The molecule has 0 radical (unpaired) electrons. The third kappa shape index (κ3) is 10.2. The molecular formula is C50H52FN8O7P. The predicted molar refractivity (Wildman–Crippen MR) is 251 cm³/mol. The normalized spacial score (nSPS) is 18.5. The number of aromatic amines is 1. The molecule has 67 heavy (non-hydrogen) atoms. The molecule has 17 heteroatoms. The van der Waals surface area contributed by atoms with Gasteiger partial charge in [-0.2, -0.15) is 5.26 Å². The van der Waals surface area contributed by atoms with Crippen molar-refractivity contribution in [3.63, 3.8) is 0 Å². The van der Waals surface area contributed by atoms with Crippen LogP contribution in [0.2, 0.25) is 0 Å². The van der Waals surface area contributed by atoms with Gasteiger partial charge in [0.1, 0.15) is 41.4 Å². The molecule has 4 heterocycles. The van der Waals surface area contributed by atoms with E-state index in [4.69, 9.17) is 28.0 Å². The van der Waals surface area contributed by atoms with E-state index < -0.39 is 44.6 Å². The maximum absolute atomic E-state index is 17.8. The van der Waals surface area contributed by atoms with Crippen LogP contribution in [-0.2, 0) is 24.1 Å². The highest BCUT2D eigenvalue weighted by molar-refractivity contribution is 7.44. The molecule has 7 aromatic rings. The lowest BCUT2D eigenvalue weighted by Crippen LogP contribution is -2.41. The summed E-state index contributed by atoms with van der Waals surface area (Å²) in [5.74, 6) is 1.67. The third-order valence-corrected chi connectivity index (χ3v) is 13.4. The van der Waals surface area contributed by atoms with Crippen LogP contribution in [0.1, 0.15) is 67.4 Å². The Morgan fingerprint density at radius 1 is 0.896 bits per heavy atom. The number of amides is 1. The molecule has 0 bridgehead atoms. The number of carbonyl (C=O) groups is 1. The van der Waals surface area contributed by atoms with E-state index in [1.54, 1.807) is 43.8 Å². The first-order valence-corrected chi connectivity index (χ1v) is 23.1. The minimum atomic E-state index is -1.95. The lowest BCUT2D eigenvalue weighted by molar-refractivity contribution is -0.0919. The monoisotopic (exact) mass is 926 g/mol. The van der Waals surface area contributed by atoms with Crippen LogP contribution in [0.4, 0.5) is 10.2 Å². The number of alkyl halides is 1. The van der Waals surface area contributed by atoms with Crippen molar-refractivity contribution in [1.82, 2.24) is 29.2 Å². The van der Waals surface area contributed by atoms with Gasteiger partial charge in [0.05, 0.1) is 39.1 Å². The highest BCUT2D eigenvalue weighted by atomic mass is 31.2. The molecule has 15 nitrogen and oxygen atoms in total. The molecule has 0 aliphatic carbocycles. The van der Waals surface area contributed by atoms with Gasteiger partial charge in [0.25, 0.3) is 14.4 Å². The van der Waals surface area contributed by atoms with E-state index in [2.05, 4.69) is 31.3 Å². The molecule has 0 saturated carbocycles. The van der Waals surface area contributed by atoms with Crippen molar-refractivity contribution >= 4 is 31.4 Å². The van der Waals surface area contributed by atoms with Gasteiger partial charge in [-0.05, 0) is 86.8 Å². The quantitative estimate of drug-likeness (QED) is 0.0422. The van der Waals surface area contributed by atoms with Gasteiger partial charge >= 0.3 is 0 Å². The van der Waals surface area contributed by atoms with Crippen molar-refractivity contribution in [1.29, 1.82) is 5.26 Å². The smallest absolute Gasteiger partial charge is 0.259 e. The molecular weight excluding hydrogens is 875 g/mol. The van der Waals surface area contributed by atoms with Crippen LogP contribution in [0.15, 0.2) is 140 Å². The first-order valence-electron chi connectivity index (χ1n) is 21.9. The molecule has 0 spiro atoms. The fourth-order valence-corrected chi connectivity index (χ4v) is 9.96. The Morgan fingerprint density at radius 2 is 1.55 bits per heavy atom.